The van der Waals surface area contributed by atoms with Gasteiger partial charge in [-0.25, -0.2) is 0 Å². The molecule has 2 unspecified atom stereocenters. The van der Waals surface area contributed by atoms with E-state index in [9.17, 15) is 0 Å². The second-order valence-electron chi connectivity index (χ2n) is 5.02. The quantitative estimate of drug-likeness (QED) is 0.801. The van der Waals surface area contributed by atoms with Gasteiger partial charge in [-0.1, -0.05) is 40.9 Å². The zero-order valence-corrected chi connectivity index (χ0v) is 11.1. The maximum Gasteiger partial charge on any atom is 0.0598 e. The van der Waals surface area contributed by atoms with Gasteiger partial charge in [0.05, 0.1) is 10.0 Å². The van der Waals surface area contributed by atoms with Crippen LogP contribution in [0.15, 0.2) is 23.8 Å². The van der Waals surface area contributed by atoms with Gasteiger partial charge in [0.2, 0.25) is 0 Å². The minimum Gasteiger partial charge on any atom is -0.311 e. The van der Waals surface area contributed by atoms with Crippen molar-refractivity contribution in [2.24, 2.45) is 0 Å². The van der Waals surface area contributed by atoms with E-state index in [2.05, 4.69) is 11.4 Å². The van der Waals surface area contributed by atoms with Gasteiger partial charge in [0.1, 0.15) is 0 Å². The first-order valence-electron chi connectivity index (χ1n) is 6.11. The third-order valence-corrected chi connectivity index (χ3v) is 4.41. The normalized spacial score (nSPS) is 27.3. The van der Waals surface area contributed by atoms with Gasteiger partial charge < -0.3 is 5.32 Å². The molecule has 1 nitrogen and oxygen atoms in total. The molecule has 0 aromatic heterocycles. The highest BCUT2D eigenvalue weighted by Crippen LogP contribution is 2.32. The highest BCUT2D eigenvalue weighted by Gasteiger charge is 2.29. The van der Waals surface area contributed by atoms with Crippen molar-refractivity contribution in [3.63, 3.8) is 0 Å². The van der Waals surface area contributed by atoms with Gasteiger partial charge in [-0.2, -0.15) is 0 Å². The lowest BCUT2D eigenvalue weighted by molar-refractivity contribution is 0.476. The van der Waals surface area contributed by atoms with Crippen molar-refractivity contribution in [1.82, 2.24) is 5.32 Å². The van der Waals surface area contributed by atoms with E-state index in [4.69, 9.17) is 23.2 Å². The van der Waals surface area contributed by atoms with Crippen LogP contribution in [-0.2, 0) is 0 Å². The molecule has 2 atom stereocenters. The molecule has 3 heteroatoms. The number of benzene rings is 1. The third-order valence-electron chi connectivity index (χ3n) is 3.67. The topological polar surface area (TPSA) is 12.0 Å². The minimum absolute atomic E-state index is 0.624. The molecule has 3 rings (SSSR count). The van der Waals surface area contributed by atoms with Crippen LogP contribution < -0.4 is 5.32 Å². The molecule has 90 valence electrons. The monoisotopic (exact) mass is 267 g/mol. The summed E-state index contributed by atoms with van der Waals surface area (Å²) in [7, 11) is 0. The number of rotatable bonds is 1. The lowest BCUT2D eigenvalue weighted by Gasteiger charge is -2.23. The molecule has 2 aliphatic heterocycles. The average molecular weight is 268 g/mol. The number of nitrogens with one attached hydrogen (secondary N) is 1. The van der Waals surface area contributed by atoms with E-state index in [1.165, 1.54) is 31.3 Å². The van der Waals surface area contributed by atoms with Gasteiger partial charge in [0.25, 0.3) is 0 Å². The average Bonchev–Trinajstić information content (AvgIpc) is 2.64. The van der Waals surface area contributed by atoms with Gasteiger partial charge >= 0.3 is 0 Å². The number of piperidine rings is 1. The second-order valence-corrected chi connectivity index (χ2v) is 5.84. The van der Waals surface area contributed by atoms with Gasteiger partial charge in [-0.05, 0) is 43.4 Å². The van der Waals surface area contributed by atoms with Gasteiger partial charge in [0.15, 0.2) is 0 Å². The maximum absolute atomic E-state index is 6.03. The first kappa shape index (κ1) is 11.6. The van der Waals surface area contributed by atoms with E-state index in [1.54, 1.807) is 0 Å². The standard InChI is InChI=1S/C14H15Cl2N/c15-13-4-1-9(8-14(13)16)5-10-6-11-2-3-12(7-10)17-11/h1,4-5,8,11-12,17H,2-3,6-7H2. The Morgan fingerprint density at radius 3 is 2.41 bits per heavy atom. The number of hydrogen-bond acceptors (Lipinski definition) is 1. The van der Waals surface area contributed by atoms with Crippen LogP contribution in [0.25, 0.3) is 6.08 Å². The summed E-state index contributed by atoms with van der Waals surface area (Å²) in [6.07, 6.45) is 7.27. The molecule has 1 N–H and O–H groups in total. The molecule has 0 spiro atoms. The van der Waals surface area contributed by atoms with Crippen LogP contribution in [0.4, 0.5) is 0 Å². The van der Waals surface area contributed by atoms with Crippen LogP contribution in [0.3, 0.4) is 0 Å². The molecule has 1 aromatic rings. The molecule has 0 saturated carbocycles. The molecule has 0 aliphatic carbocycles. The molecule has 2 heterocycles. The Hall–Kier alpha value is -0.500. The minimum atomic E-state index is 0.624. The van der Waals surface area contributed by atoms with Crippen molar-refractivity contribution in [3.05, 3.63) is 39.4 Å². The van der Waals surface area contributed by atoms with Gasteiger partial charge in [-0.15, -0.1) is 0 Å². The van der Waals surface area contributed by atoms with Crippen LogP contribution in [0.1, 0.15) is 31.2 Å². The predicted octanol–water partition coefficient (Wildman–Crippen LogP) is 4.29. The Labute approximate surface area is 112 Å². The number of halogens is 2. The molecule has 2 aliphatic rings. The van der Waals surface area contributed by atoms with E-state index in [-0.39, 0.29) is 0 Å². The van der Waals surface area contributed by atoms with E-state index >= 15 is 0 Å². The number of hydrogen-bond donors (Lipinski definition) is 1. The summed E-state index contributed by atoms with van der Waals surface area (Å²) < 4.78 is 0. The van der Waals surface area contributed by atoms with E-state index < -0.39 is 0 Å². The lowest BCUT2D eigenvalue weighted by atomic mass is 9.97. The SMILES string of the molecule is Clc1ccc(C=C2CC3CCC(C2)N3)cc1Cl. The lowest BCUT2D eigenvalue weighted by Crippen LogP contribution is -2.34. The Morgan fingerprint density at radius 1 is 1.06 bits per heavy atom. The second kappa shape index (κ2) is 4.64. The summed E-state index contributed by atoms with van der Waals surface area (Å²) in [5.41, 5.74) is 2.70. The first-order valence-corrected chi connectivity index (χ1v) is 6.87. The Morgan fingerprint density at radius 2 is 1.76 bits per heavy atom. The van der Waals surface area contributed by atoms with Crippen LogP contribution in [0.2, 0.25) is 10.0 Å². The summed E-state index contributed by atoms with van der Waals surface area (Å²) in [5, 5.41) is 4.90. The Kier molecular flexibility index (Phi) is 3.16. The largest absolute Gasteiger partial charge is 0.311 e. The van der Waals surface area contributed by atoms with E-state index in [0.29, 0.717) is 22.1 Å². The van der Waals surface area contributed by atoms with E-state index in [1.807, 2.05) is 18.2 Å². The smallest absolute Gasteiger partial charge is 0.0598 e. The summed E-state index contributed by atoms with van der Waals surface area (Å²) >= 11 is 11.9. The molecule has 0 amide bonds. The van der Waals surface area contributed by atoms with Crippen molar-refractivity contribution >= 4 is 29.3 Å². The van der Waals surface area contributed by atoms with E-state index in [0.717, 1.165) is 5.56 Å². The van der Waals surface area contributed by atoms with Crippen molar-refractivity contribution in [1.29, 1.82) is 0 Å². The molecule has 0 radical (unpaired) electrons. The number of fused-ring (bicyclic) bond motifs is 2. The van der Waals surface area contributed by atoms with Crippen molar-refractivity contribution < 1.29 is 0 Å². The Bertz CT molecular complexity index is 453. The van der Waals surface area contributed by atoms with Crippen LogP contribution in [-0.4, -0.2) is 12.1 Å². The van der Waals surface area contributed by atoms with Crippen LogP contribution in [0.5, 0.6) is 0 Å². The summed E-state index contributed by atoms with van der Waals surface area (Å²) in [6, 6.07) is 7.24. The van der Waals surface area contributed by atoms with Crippen molar-refractivity contribution in [2.75, 3.05) is 0 Å². The summed E-state index contributed by atoms with van der Waals surface area (Å²) in [5.74, 6) is 0. The summed E-state index contributed by atoms with van der Waals surface area (Å²) in [4.78, 5) is 0. The Balaban J connectivity index is 1.83. The molecular weight excluding hydrogens is 253 g/mol. The highest BCUT2D eigenvalue weighted by atomic mass is 35.5. The summed E-state index contributed by atoms with van der Waals surface area (Å²) in [6.45, 7) is 0. The molecule has 2 bridgehead atoms. The predicted molar refractivity (Wildman–Crippen MR) is 73.6 cm³/mol. The fourth-order valence-corrected chi connectivity index (χ4v) is 3.20. The maximum atomic E-state index is 6.03. The molecule has 2 fully saturated rings. The fourth-order valence-electron chi connectivity index (χ4n) is 2.90. The third kappa shape index (κ3) is 2.52. The molecule has 17 heavy (non-hydrogen) atoms. The molecular formula is C14H15Cl2N. The first-order chi connectivity index (χ1) is 8.20. The zero-order chi connectivity index (χ0) is 11.8. The van der Waals surface area contributed by atoms with Gasteiger partial charge in [-0.3, -0.25) is 0 Å². The van der Waals surface area contributed by atoms with Crippen molar-refractivity contribution in [2.45, 2.75) is 37.8 Å². The van der Waals surface area contributed by atoms with Crippen LogP contribution >= 0.6 is 23.2 Å². The molecule has 2 saturated heterocycles. The fraction of sp³-hybridized carbons (Fsp3) is 0.429. The highest BCUT2D eigenvalue weighted by molar-refractivity contribution is 6.42. The zero-order valence-electron chi connectivity index (χ0n) is 9.55. The van der Waals surface area contributed by atoms with Gasteiger partial charge in [0, 0.05) is 12.1 Å². The van der Waals surface area contributed by atoms with Crippen molar-refractivity contribution in [3.8, 4) is 0 Å². The van der Waals surface area contributed by atoms with Crippen LogP contribution in [0, 0.1) is 0 Å². The molecule has 1 aromatic carbocycles.